The standard InChI is InChI=1S/C21H19F3N4O5S2/c22-21(23,24)33-16-5-1-14(2-6-16)15-3-7-17(8-4-15)35(30,31)27-20-26-25-18(34-20)13-19(29)28-9-11-32-12-10-28/h1-8H,9-13H2,(H,26,27). The van der Waals surface area contributed by atoms with Crippen molar-refractivity contribution in [2.45, 2.75) is 17.7 Å². The molecule has 1 saturated heterocycles. The Morgan fingerprint density at radius 3 is 2.23 bits per heavy atom. The van der Waals surface area contributed by atoms with Gasteiger partial charge >= 0.3 is 6.36 Å². The predicted octanol–water partition coefficient (Wildman–Crippen LogP) is 3.31. The van der Waals surface area contributed by atoms with Crippen LogP contribution in [0.15, 0.2) is 53.4 Å². The van der Waals surface area contributed by atoms with Gasteiger partial charge in [-0.3, -0.25) is 9.52 Å². The molecule has 9 nitrogen and oxygen atoms in total. The first kappa shape index (κ1) is 24.9. The minimum atomic E-state index is -4.78. The number of nitrogens with one attached hydrogen (secondary N) is 1. The van der Waals surface area contributed by atoms with E-state index in [4.69, 9.17) is 4.74 Å². The number of nitrogens with zero attached hydrogens (tertiary/aromatic N) is 3. The van der Waals surface area contributed by atoms with E-state index in [9.17, 15) is 26.4 Å². The molecule has 1 N–H and O–H groups in total. The summed E-state index contributed by atoms with van der Waals surface area (Å²) < 4.78 is 73.7. The SMILES string of the molecule is O=C(Cc1nnc(NS(=O)(=O)c2ccc(-c3ccc(OC(F)(F)F)cc3)cc2)s1)N1CCOCC1. The summed E-state index contributed by atoms with van der Waals surface area (Å²) in [6.45, 7) is 1.95. The molecule has 1 aliphatic heterocycles. The second-order valence-corrected chi connectivity index (χ2v) is 10.1. The Labute approximate surface area is 202 Å². The molecule has 0 bridgehead atoms. The van der Waals surface area contributed by atoms with Gasteiger partial charge in [0.2, 0.25) is 11.0 Å². The second-order valence-electron chi connectivity index (χ2n) is 7.37. The molecule has 14 heteroatoms. The number of halogens is 3. The fraction of sp³-hybridized carbons (Fsp3) is 0.286. The average molecular weight is 529 g/mol. The van der Waals surface area contributed by atoms with Crippen molar-refractivity contribution in [3.63, 3.8) is 0 Å². The van der Waals surface area contributed by atoms with Crippen LogP contribution in [0.3, 0.4) is 0 Å². The molecule has 0 unspecified atom stereocenters. The summed E-state index contributed by atoms with van der Waals surface area (Å²) in [6.07, 6.45) is -4.77. The number of morpholine rings is 1. The Hall–Kier alpha value is -3.23. The number of anilines is 1. The molecule has 2 heterocycles. The number of sulfonamides is 1. The van der Waals surface area contributed by atoms with Gasteiger partial charge in [-0.2, -0.15) is 0 Å². The Kier molecular flexibility index (Phi) is 7.23. The predicted molar refractivity (Wildman–Crippen MR) is 120 cm³/mol. The molecule has 0 atom stereocenters. The van der Waals surface area contributed by atoms with Gasteiger partial charge in [-0.1, -0.05) is 35.6 Å². The number of rotatable bonds is 7. The van der Waals surface area contributed by atoms with Crippen LogP contribution in [0.1, 0.15) is 5.01 Å². The zero-order chi connectivity index (χ0) is 25.1. The molecule has 1 fully saturated rings. The summed E-state index contributed by atoms with van der Waals surface area (Å²) in [6, 6.07) is 11.0. The number of carbonyl (C=O) groups is 1. The van der Waals surface area contributed by atoms with Gasteiger partial charge in [0, 0.05) is 13.1 Å². The van der Waals surface area contributed by atoms with Crippen molar-refractivity contribution in [3.05, 3.63) is 53.5 Å². The summed E-state index contributed by atoms with van der Waals surface area (Å²) in [5, 5.41) is 8.12. The lowest BCUT2D eigenvalue weighted by atomic mass is 10.1. The van der Waals surface area contributed by atoms with Crippen LogP contribution < -0.4 is 9.46 Å². The minimum Gasteiger partial charge on any atom is -0.406 e. The molecule has 0 spiro atoms. The summed E-state index contributed by atoms with van der Waals surface area (Å²) in [4.78, 5) is 13.9. The highest BCUT2D eigenvalue weighted by Gasteiger charge is 2.31. The summed E-state index contributed by atoms with van der Waals surface area (Å²) in [5.41, 5.74) is 1.18. The molecule has 186 valence electrons. The Morgan fingerprint density at radius 1 is 1.03 bits per heavy atom. The summed E-state index contributed by atoms with van der Waals surface area (Å²) in [7, 11) is -3.97. The molecule has 1 amide bonds. The van der Waals surface area contributed by atoms with Gasteiger partial charge in [0.1, 0.15) is 10.8 Å². The fourth-order valence-electron chi connectivity index (χ4n) is 3.27. The maximum atomic E-state index is 12.7. The minimum absolute atomic E-state index is 0.0148. The quantitative estimate of drug-likeness (QED) is 0.501. The number of aromatic nitrogens is 2. The van der Waals surface area contributed by atoms with Crippen molar-refractivity contribution in [3.8, 4) is 16.9 Å². The van der Waals surface area contributed by atoms with Crippen LogP contribution in [0.25, 0.3) is 11.1 Å². The van der Waals surface area contributed by atoms with E-state index < -0.39 is 16.4 Å². The van der Waals surface area contributed by atoms with Crippen LogP contribution in [-0.4, -0.2) is 62.1 Å². The van der Waals surface area contributed by atoms with E-state index >= 15 is 0 Å². The monoisotopic (exact) mass is 528 g/mol. The third-order valence-corrected chi connectivity index (χ3v) is 7.26. The molecule has 1 aliphatic rings. The normalized spacial score (nSPS) is 14.5. The number of benzene rings is 2. The third kappa shape index (κ3) is 6.68. The highest BCUT2D eigenvalue weighted by atomic mass is 32.2. The van der Waals surface area contributed by atoms with E-state index in [0.717, 1.165) is 11.3 Å². The van der Waals surface area contributed by atoms with Gasteiger partial charge in [-0.05, 0) is 35.4 Å². The smallest absolute Gasteiger partial charge is 0.406 e. The third-order valence-electron chi connectivity index (χ3n) is 4.94. The molecule has 0 saturated carbocycles. The van der Waals surface area contributed by atoms with Gasteiger partial charge in [0.05, 0.1) is 24.5 Å². The van der Waals surface area contributed by atoms with Gasteiger partial charge in [0.25, 0.3) is 10.0 Å². The number of hydrogen-bond donors (Lipinski definition) is 1. The number of amides is 1. The van der Waals surface area contributed by atoms with Gasteiger partial charge in [-0.15, -0.1) is 23.4 Å². The van der Waals surface area contributed by atoms with E-state index in [-0.39, 0.29) is 28.1 Å². The van der Waals surface area contributed by atoms with E-state index in [0.29, 0.717) is 42.4 Å². The van der Waals surface area contributed by atoms with Gasteiger partial charge < -0.3 is 14.4 Å². The van der Waals surface area contributed by atoms with Crippen LogP contribution in [0.4, 0.5) is 18.3 Å². The largest absolute Gasteiger partial charge is 0.573 e. The van der Waals surface area contributed by atoms with Gasteiger partial charge in [-0.25, -0.2) is 8.42 Å². The van der Waals surface area contributed by atoms with Crippen LogP contribution in [-0.2, 0) is 26.0 Å². The molecule has 0 radical (unpaired) electrons. The van der Waals surface area contributed by atoms with Crippen molar-refractivity contribution in [1.29, 1.82) is 0 Å². The number of carbonyl (C=O) groups excluding carboxylic acids is 1. The maximum Gasteiger partial charge on any atom is 0.573 e. The lowest BCUT2D eigenvalue weighted by Crippen LogP contribution is -2.41. The molecule has 35 heavy (non-hydrogen) atoms. The molecular formula is C21H19F3N4O5S2. The highest BCUT2D eigenvalue weighted by Crippen LogP contribution is 2.28. The van der Waals surface area contributed by atoms with Crippen LogP contribution in [0.5, 0.6) is 5.75 Å². The van der Waals surface area contributed by atoms with Crippen molar-refractivity contribution in [2.75, 3.05) is 31.0 Å². The van der Waals surface area contributed by atoms with Crippen LogP contribution in [0.2, 0.25) is 0 Å². The molecule has 0 aliphatic carbocycles. The summed E-state index contributed by atoms with van der Waals surface area (Å²) >= 11 is 0.969. The maximum absolute atomic E-state index is 12.7. The molecule has 1 aromatic heterocycles. The molecule has 2 aromatic carbocycles. The van der Waals surface area contributed by atoms with Gasteiger partial charge in [0.15, 0.2) is 0 Å². The van der Waals surface area contributed by atoms with Crippen molar-refractivity contribution >= 4 is 32.4 Å². The first-order chi connectivity index (χ1) is 16.6. The lowest BCUT2D eigenvalue weighted by molar-refractivity contribution is -0.274. The Balaban J connectivity index is 1.39. The highest BCUT2D eigenvalue weighted by molar-refractivity contribution is 7.93. The first-order valence-corrected chi connectivity index (χ1v) is 12.6. The van der Waals surface area contributed by atoms with E-state index in [1.54, 1.807) is 4.90 Å². The first-order valence-electron chi connectivity index (χ1n) is 10.3. The van der Waals surface area contributed by atoms with Crippen molar-refractivity contribution in [2.24, 2.45) is 0 Å². The number of ether oxygens (including phenoxy) is 2. The zero-order valence-electron chi connectivity index (χ0n) is 18.0. The lowest BCUT2D eigenvalue weighted by Gasteiger charge is -2.26. The van der Waals surface area contributed by atoms with Crippen LogP contribution in [0, 0.1) is 0 Å². The fourth-order valence-corrected chi connectivity index (χ4v) is 5.23. The second kappa shape index (κ2) is 10.2. The van der Waals surface area contributed by atoms with Crippen LogP contribution >= 0.6 is 11.3 Å². The number of alkyl halides is 3. The Morgan fingerprint density at radius 2 is 1.63 bits per heavy atom. The molecular weight excluding hydrogens is 509 g/mol. The van der Waals surface area contributed by atoms with Crippen molar-refractivity contribution in [1.82, 2.24) is 15.1 Å². The average Bonchev–Trinajstić information content (AvgIpc) is 3.25. The molecule has 4 rings (SSSR count). The van der Waals surface area contributed by atoms with E-state index in [1.165, 1.54) is 48.5 Å². The topological polar surface area (TPSA) is 111 Å². The van der Waals surface area contributed by atoms with E-state index in [1.807, 2.05) is 0 Å². The molecule has 3 aromatic rings. The van der Waals surface area contributed by atoms with Crippen molar-refractivity contribution < 1.29 is 35.9 Å². The van der Waals surface area contributed by atoms with E-state index in [2.05, 4.69) is 19.7 Å². The Bertz CT molecular complexity index is 1270. The summed E-state index contributed by atoms with van der Waals surface area (Å²) in [5.74, 6) is -0.486. The number of hydrogen-bond acceptors (Lipinski definition) is 8. The zero-order valence-corrected chi connectivity index (χ0v) is 19.6.